The molecule has 0 radical (unpaired) electrons. The van der Waals surface area contributed by atoms with Gasteiger partial charge in [0.25, 0.3) is 0 Å². The summed E-state index contributed by atoms with van der Waals surface area (Å²) in [5.41, 5.74) is 5.85. The molecule has 1 atom stereocenters. The first kappa shape index (κ1) is 11.0. The van der Waals surface area contributed by atoms with Gasteiger partial charge in [-0.05, 0) is 26.7 Å². The molecule has 1 rings (SSSR count). The molecule has 1 heterocycles. The highest BCUT2D eigenvalue weighted by Crippen LogP contribution is 2.21. The summed E-state index contributed by atoms with van der Waals surface area (Å²) in [6, 6.07) is 0. The first-order valence-electron chi connectivity index (χ1n) is 4.89. The van der Waals surface area contributed by atoms with E-state index in [0.717, 1.165) is 19.4 Å². The molecule has 1 saturated heterocycles. The van der Waals surface area contributed by atoms with Crippen LogP contribution in [0.15, 0.2) is 11.5 Å². The molecule has 0 bridgehead atoms. The lowest BCUT2D eigenvalue weighted by molar-refractivity contribution is -0.123. The highest BCUT2D eigenvalue weighted by Gasteiger charge is 2.24. The third-order valence-corrected chi connectivity index (χ3v) is 2.80. The van der Waals surface area contributed by atoms with Crippen LogP contribution in [0, 0.1) is 5.92 Å². The zero-order chi connectivity index (χ0) is 10.7. The van der Waals surface area contributed by atoms with Gasteiger partial charge >= 0.3 is 0 Å². The molecule has 1 aliphatic rings. The maximum absolute atomic E-state index is 12.9. The van der Waals surface area contributed by atoms with E-state index in [9.17, 15) is 9.18 Å². The van der Waals surface area contributed by atoms with Crippen LogP contribution in [0.2, 0.25) is 0 Å². The van der Waals surface area contributed by atoms with Gasteiger partial charge in [0.1, 0.15) is 5.83 Å². The standard InChI is InChI=1S/C10H17FN2O/c1-7(11)8(2)13-5-3-4-9(6-13)10(12)14/h9H,3-6H2,1-2H3,(H2,12,14)/b8-7-. The van der Waals surface area contributed by atoms with Crippen molar-refractivity contribution in [2.24, 2.45) is 11.7 Å². The van der Waals surface area contributed by atoms with Gasteiger partial charge < -0.3 is 10.6 Å². The molecule has 0 aliphatic carbocycles. The fourth-order valence-corrected chi connectivity index (χ4v) is 1.73. The van der Waals surface area contributed by atoms with Crippen molar-refractivity contribution in [3.8, 4) is 0 Å². The predicted octanol–water partition coefficient (Wildman–Crippen LogP) is 1.40. The second-order valence-corrected chi connectivity index (χ2v) is 3.81. The number of likely N-dealkylation sites (tertiary alicyclic amines) is 1. The molecular formula is C10H17FN2O. The van der Waals surface area contributed by atoms with Crippen molar-refractivity contribution >= 4 is 5.91 Å². The molecule has 0 aromatic carbocycles. The number of nitrogens with zero attached hydrogens (tertiary/aromatic N) is 1. The quantitative estimate of drug-likeness (QED) is 0.732. The molecule has 1 fully saturated rings. The summed E-state index contributed by atoms with van der Waals surface area (Å²) >= 11 is 0. The summed E-state index contributed by atoms with van der Waals surface area (Å²) in [5, 5.41) is 0. The molecule has 4 heteroatoms. The molecule has 0 aromatic heterocycles. The topological polar surface area (TPSA) is 46.3 Å². The van der Waals surface area contributed by atoms with Gasteiger partial charge in [0, 0.05) is 18.8 Å². The van der Waals surface area contributed by atoms with Crippen LogP contribution < -0.4 is 5.73 Å². The van der Waals surface area contributed by atoms with Crippen molar-refractivity contribution in [3.05, 3.63) is 11.5 Å². The lowest BCUT2D eigenvalue weighted by Crippen LogP contribution is -2.40. The molecule has 1 aliphatic heterocycles. The van der Waals surface area contributed by atoms with Gasteiger partial charge in [0.05, 0.1) is 5.92 Å². The van der Waals surface area contributed by atoms with Crippen molar-refractivity contribution in [1.82, 2.24) is 4.90 Å². The van der Waals surface area contributed by atoms with Gasteiger partial charge in [0.15, 0.2) is 0 Å². The zero-order valence-electron chi connectivity index (χ0n) is 8.72. The first-order chi connectivity index (χ1) is 6.52. The van der Waals surface area contributed by atoms with Crippen LogP contribution in [0.5, 0.6) is 0 Å². The third-order valence-electron chi connectivity index (χ3n) is 2.80. The summed E-state index contributed by atoms with van der Waals surface area (Å²) in [7, 11) is 0. The average Bonchev–Trinajstić information content (AvgIpc) is 2.16. The van der Waals surface area contributed by atoms with Crippen LogP contribution in [-0.2, 0) is 4.79 Å². The highest BCUT2D eigenvalue weighted by atomic mass is 19.1. The Morgan fingerprint density at radius 3 is 2.64 bits per heavy atom. The Hall–Kier alpha value is -1.06. The number of halogens is 1. The highest BCUT2D eigenvalue weighted by molar-refractivity contribution is 5.77. The normalized spacial score (nSPS) is 24.5. The van der Waals surface area contributed by atoms with Gasteiger partial charge in [-0.25, -0.2) is 4.39 Å². The van der Waals surface area contributed by atoms with Crippen molar-refractivity contribution in [3.63, 3.8) is 0 Å². The minimum absolute atomic E-state index is 0.127. The Balaban J connectivity index is 2.65. The van der Waals surface area contributed by atoms with Gasteiger partial charge in [-0.2, -0.15) is 0 Å². The lowest BCUT2D eigenvalue weighted by Gasteiger charge is -2.33. The van der Waals surface area contributed by atoms with E-state index in [1.54, 1.807) is 6.92 Å². The molecule has 2 N–H and O–H groups in total. The number of hydrogen-bond acceptors (Lipinski definition) is 2. The van der Waals surface area contributed by atoms with Crippen LogP contribution >= 0.6 is 0 Å². The molecule has 80 valence electrons. The smallest absolute Gasteiger partial charge is 0.222 e. The number of carbonyl (C=O) groups is 1. The molecule has 1 unspecified atom stereocenters. The minimum atomic E-state index is -0.279. The maximum Gasteiger partial charge on any atom is 0.222 e. The van der Waals surface area contributed by atoms with Crippen LogP contribution in [-0.4, -0.2) is 23.9 Å². The Morgan fingerprint density at radius 1 is 1.50 bits per heavy atom. The second-order valence-electron chi connectivity index (χ2n) is 3.81. The van der Waals surface area contributed by atoms with Gasteiger partial charge in [0.2, 0.25) is 5.91 Å². The number of piperidine rings is 1. The van der Waals surface area contributed by atoms with Gasteiger partial charge in [-0.15, -0.1) is 0 Å². The van der Waals surface area contributed by atoms with E-state index in [2.05, 4.69) is 0 Å². The summed E-state index contributed by atoms with van der Waals surface area (Å²) in [5.74, 6) is -0.591. The van der Waals surface area contributed by atoms with Crippen LogP contribution in [0.3, 0.4) is 0 Å². The summed E-state index contributed by atoms with van der Waals surface area (Å²) in [4.78, 5) is 12.9. The number of carbonyl (C=O) groups excluding carboxylic acids is 1. The number of amides is 1. The Morgan fingerprint density at radius 2 is 2.14 bits per heavy atom. The number of primary amides is 1. The van der Waals surface area contributed by atoms with Crippen molar-refractivity contribution in [2.75, 3.05) is 13.1 Å². The number of nitrogens with two attached hydrogens (primary N) is 1. The van der Waals surface area contributed by atoms with Gasteiger partial charge in [-0.3, -0.25) is 4.79 Å². The van der Waals surface area contributed by atoms with Crippen molar-refractivity contribution in [2.45, 2.75) is 26.7 Å². The van der Waals surface area contributed by atoms with Crippen molar-refractivity contribution < 1.29 is 9.18 Å². The van der Waals surface area contributed by atoms with Crippen LogP contribution in [0.4, 0.5) is 4.39 Å². The largest absolute Gasteiger partial charge is 0.372 e. The molecule has 0 aromatic rings. The van der Waals surface area contributed by atoms with E-state index in [1.165, 1.54) is 6.92 Å². The SMILES string of the molecule is C/C(F)=C(\C)N1CCCC(C(N)=O)C1. The first-order valence-corrected chi connectivity index (χ1v) is 4.89. The van der Waals surface area contributed by atoms with E-state index in [-0.39, 0.29) is 17.7 Å². The summed E-state index contributed by atoms with van der Waals surface area (Å²) in [6.45, 7) is 4.54. The number of hydrogen-bond donors (Lipinski definition) is 1. The maximum atomic E-state index is 12.9. The van der Waals surface area contributed by atoms with Gasteiger partial charge in [-0.1, -0.05) is 0 Å². The van der Waals surface area contributed by atoms with E-state index in [4.69, 9.17) is 5.73 Å². The second kappa shape index (κ2) is 4.44. The van der Waals surface area contributed by atoms with E-state index in [0.29, 0.717) is 12.2 Å². The molecule has 14 heavy (non-hydrogen) atoms. The van der Waals surface area contributed by atoms with Crippen LogP contribution in [0.25, 0.3) is 0 Å². The Bertz CT molecular complexity index is 259. The van der Waals surface area contributed by atoms with E-state index < -0.39 is 0 Å². The van der Waals surface area contributed by atoms with E-state index in [1.807, 2.05) is 4.90 Å². The third kappa shape index (κ3) is 2.47. The summed E-state index contributed by atoms with van der Waals surface area (Å²) in [6.07, 6.45) is 1.72. The molecule has 0 spiro atoms. The van der Waals surface area contributed by atoms with Crippen molar-refractivity contribution in [1.29, 1.82) is 0 Å². The number of rotatable bonds is 2. The molecular weight excluding hydrogens is 183 g/mol. The summed E-state index contributed by atoms with van der Waals surface area (Å²) < 4.78 is 12.9. The predicted molar refractivity (Wildman–Crippen MR) is 53.0 cm³/mol. The molecule has 3 nitrogen and oxygen atoms in total. The average molecular weight is 200 g/mol. The number of allylic oxidation sites excluding steroid dienone is 2. The lowest BCUT2D eigenvalue weighted by atomic mass is 9.97. The fourth-order valence-electron chi connectivity index (χ4n) is 1.73. The minimum Gasteiger partial charge on any atom is -0.372 e. The van der Waals surface area contributed by atoms with Crippen LogP contribution in [0.1, 0.15) is 26.7 Å². The van der Waals surface area contributed by atoms with E-state index >= 15 is 0 Å². The Labute approximate surface area is 83.8 Å². The zero-order valence-corrected chi connectivity index (χ0v) is 8.72. The molecule has 0 saturated carbocycles. The monoisotopic (exact) mass is 200 g/mol. The fraction of sp³-hybridized carbons (Fsp3) is 0.700. The Kier molecular flexibility index (Phi) is 3.49. The molecule has 1 amide bonds.